The van der Waals surface area contributed by atoms with Crippen LogP contribution in [-0.2, 0) is 6.54 Å². The number of guanidine groups is 1. The number of rotatable bonds is 6. The van der Waals surface area contributed by atoms with Crippen molar-refractivity contribution in [2.45, 2.75) is 12.9 Å². The van der Waals surface area contributed by atoms with Crippen molar-refractivity contribution in [3.05, 3.63) is 78.4 Å². The highest BCUT2D eigenvalue weighted by Gasteiger charge is 2.30. The van der Waals surface area contributed by atoms with Gasteiger partial charge in [-0.05, 0) is 54.1 Å². The molecule has 0 saturated heterocycles. The number of nitrogens with two attached hydrogens (primary N) is 1. The fourth-order valence-corrected chi connectivity index (χ4v) is 2.36. The van der Waals surface area contributed by atoms with Crippen molar-refractivity contribution in [2.75, 3.05) is 5.32 Å². The Morgan fingerprint density at radius 1 is 1.07 bits per heavy atom. The molecule has 30 heavy (non-hydrogen) atoms. The summed E-state index contributed by atoms with van der Waals surface area (Å²) >= 11 is 0. The van der Waals surface area contributed by atoms with Gasteiger partial charge in [0.25, 0.3) is 0 Å². The third-order valence-corrected chi connectivity index (χ3v) is 3.65. The number of nitrogens with one attached hydrogen (secondary N) is 1. The van der Waals surface area contributed by atoms with Gasteiger partial charge in [0.1, 0.15) is 11.5 Å². The second-order valence-corrected chi connectivity index (χ2v) is 5.95. The molecule has 1 aromatic heterocycles. The van der Waals surface area contributed by atoms with E-state index >= 15 is 0 Å². The van der Waals surface area contributed by atoms with Gasteiger partial charge in [0.2, 0.25) is 0 Å². The summed E-state index contributed by atoms with van der Waals surface area (Å²) in [5.41, 5.74) is 6.73. The molecule has 0 unspecified atom stereocenters. The van der Waals surface area contributed by atoms with Gasteiger partial charge >= 0.3 is 6.36 Å². The highest BCUT2D eigenvalue weighted by Crippen LogP contribution is 2.25. The summed E-state index contributed by atoms with van der Waals surface area (Å²) in [6.45, 7) is 0.0815. The molecule has 0 aliphatic carbocycles. The van der Waals surface area contributed by atoms with Crippen LogP contribution in [0.15, 0.2) is 72.0 Å². The summed E-state index contributed by atoms with van der Waals surface area (Å²) in [5.74, 6) is -0.466. The normalized spacial score (nSPS) is 11.8. The van der Waals surface area contributed by atoms with E-state index in [0.717, 1.165) is 12.1 Å². The van der Waals surface area contributed by atoms with Crippen molar-refractivity contribution < 1.29 is 27.0 Å². The van der Waals surface area contributed by atoms with Crippen LogP contribution in [0, 0.1) is 5.82 Å². The molecule has 0 atom stereocenters. The van der Waals surface area contributed by atoms with E-state index in [-0.39, 0.29) is 24.0 Å². The SMILES string of the molecule is NC(=NCc1ccc(Oc2cccnc2)c(F)c1)Nc1ccc(OC(F)(F)F)cc1. The second-order valence-electron chi connectivity index (χ2n) is 5.95. The van der Waals surface area contributed by atoms with Gasteiger partial charge in [0, 0.05) is 11.9 Å². The molecule has 1 heterocycles. The number of pyridine rings is 1. The predicted molar refractivity (Wildman–Crippen MR) is 103 cm³/mol. The summed E-state index contributed by atoms with van der Waals surface area (Å²) in [6.07, 6.45) is -1.72. The molecule has 0 saturated carbocycles. The van der Waals surface area contributed by atoms with Gasteiger partial charge in [-0.1, -0.05) is 6.07 Å². The number of ether oxygens (including phenoxy) is 2. The minimum atomic E-state index is -4.76. The maximum Gasteiger partial charge on any atom is 0.573 e. The first kappa shape index (κ1) is 20.9. The quantitative estimate of drug-likeness (QED) is 0.339. The molecular formula is C20H16F4N4O2. The van der Waals surface area contributed by atoms with Crippen molar-refractivity contribution in [3.63, 3.8) is 0 Å². The lowest BCUT2D eigenvalue weighted by atomic mass is 10.2. The third kappa shape index (κ3) is 6.36. The number of hydrogen-bond acceptors (Lipinski definition) is 4. The topological polar surface area (TPSA) is 81.8 Å². The fraction of sp³-hybridized carbons (Fsp3) is 0.100. The molecule has 0 aliphatic heterocycles. The highest BCUT2D eigenvalue weighted by atomic mass is 19.4. The number of halogens is 4. The molecule has 0 bridgehead atoms. The van der Waals surface area contributed by atoms with Crippen LogP contribution >= 0.6 is 0 Å². The largest absolute Gasteiger partial charge is 0.573 e. The van der Waals surface area contributed by atoms with Crippen molar-refractivity contribution in [1.29, 1.82) is 0 Å². The summed E-state index contributed by atoms with van der Waals surface area (Å²) in [4.78, 5) is 7.97. The second kappa shape index (κ2) is 9.12. The first-order valence-electron chi connectivity index (χ1n) is 8.57. The zero-order valence-electron chi connectivity index (χ0n) is 15.4. The zero-order chi connectivity index (χ0) is 21.6. The van der Waals surface area contributed by atoms with E-state index in [1.54, 1.807) is 24.4 Å². The molecular weight excluding hydrogens is 404 g/mol. The van der Waals surface area contributed by atoms with Gasteiger partial charge in [-0.15, -0.1) is 13.2 Å². The Labute approximate surface area is 169 Å². The predicted octanol–water partition coefficient (Wildman–Crippen LogP) is 4.84. The molecule has 0 fully saturated rings. The Bertz CT molecular complexity index is 1010. The highest BCUT2D eigenvalue weighted by molar-refractivity contribution is 5.92. The van der Waals surface area contributed by atoms with Crippen LogP contribution in [0.4, 0.5) is 23.2 Å². The first-order chi connectivity index (χ1) is 14.3. The average molecular weight is 420 g/mol. The molecule has 10 heteroatoms. The van der Waals surface area contributed by atoms with Crippen LogP contribution in [0.3, 0.4) is 0 Å². The Kier molecular flexibility index (Phi) is 6.35. The Morgan fingerprint density at radius 3 is 2.47 bits per heavy atom. The maximum atomic E-state index is 14.2. The van der Waals surface area contributed by atoms with E-state index in [1.807, 2.05) is 0 Å². The van der Waals surface area contributed by atoms with Crippen LogP contribution in [0.5, 0.6) is 17.2 Å². The molecule has 3 N–H and O–H groups in total. The minimum absolute atomic E-state index is 0.00980. The Morgan fingerprint density at radius 2 is 1.83 bits per heavy atom. The van der Waals surface area contributed by atoms with Crippen LogP contribution in [0.1, 0.15) is 5.56 Å². The molecule has 0 aliphatic rings. The molecule has 2 aromatic carbocycles. The lowest BCUT2D eigenvalue weighted by Crippen LogP contribution is -2.22. The van der Waals surface area contributed by atoms with E-state index in [0.29, 0.717) is 17.0 Å². The monoisotopic (exact) mass is 420 g/mol. The van der Waals surface area contributed by atoms with Crippen molar-refractivity contribution >= 4 is 11.6 Å². The first-order valence-corrected chi connectivity index (χ1v) is 8.57. The molecule has 6 nitrogen and oxygen atoms in total. The van der Waals surface area contributed by atoms with Crippen molar-refractivity contribution in [2.24, 2.45) is 10.7 Å². The maximum absolute atomic E-state index is 14.2. The Balaban J connectivity index is 1.58. The molecule has 3 rings (SSSR count). The van der Waals surface area contributed by atoms with E-state index < -0.39 is 12.2 Å². The summed E-state index contributed by atoms with van der Waals surface area (Å²) in [5, 5.41) is 2.73. The van der Waals surface area contributed by atoms with Gasteiger partial charge in [-0.2, -0.15) is 0 Å². The van der Waals surface area contributed by atoms with E-state index in [2.05, 4.69) is 20.0 Å². The van der Waals surface area contributed by atoms with E-state index in [1.165, 1.54) is 30.5 Å². The van der Waals surface area contributed by atoms with Crippen LogP contribution in [0.25, 0.3) is 0 Å². The molecule has 0 radical (unpaired) electrons. The average Bonchev–Trinajstić information content (AvgIpc) is 2.69. The third-order valence-electron chi connectivity index (χ3n) is 3.65. The summed E-state index contributed by atoms with van der Waals surface area (Å²) < 4.78 is 59.9. The Hall–Kier alpha value is -3.82. The molecule has 0 spiro atoms. The van der Waals surface area contributed by atoms with Crippen LogP contribution in [-0.4, -0.2) is 17.3 Å². The molecule has 0 amide bonds. The number of aromatic nitrogens is 1. The number of nitrogens with zero attached hydrogens (tertiary/aromatic N) is 2. The van der Waals surface area contributed by atoms with Crippen molar-refractivity contribution in [1.82, 2.24) is 4.98 Å². The van der Waals surface area contributed by atoms with Gasteiger partial charge in [-0.3, -0.25) is 4.98 Å². The van der Waals surface area contributed by atoms with Gasteiger partial charge < -0.3 is 20.5 Å². The lowest BCUT2D eigenvalue weighted by Gasteiger charge is -2.10. The number of hydrogen-bond donors (Lipinski definition) is 2. The van der Waals surface area contributed by atoms with Gasteiger partial charge in [-0.25, -0.2) is 9.38 Å². The van der Waals surface area contributed by atoms with Crippen molar-refractivity contribution in [3.8, 4) is 17.2 Å². The lowest BCUT2D eigenvalue weighted by molar-refractivity contribution is -0.274. The fourth-order valence-electron chi connectivity index (χ4n) is 2.36. The number of anilines is 1. The number of benzene rings is 2. The van der Waals surface area contributed by atoms with Gasteiger partial charge in [0.05, 0.1) is 12.7 Å². The van der Waals surface area contributed by atoms with E-state index in [4.69, 9.17) is 10.5 Å². The smallest absolute Gasteiger partial charge is 0.453 e. The minimum Gasteiger partial charge on any atom is -0.453 e. The van der Waals surface area contributed by atoms with Crippen LogP contribution < -0.4 is 20.5 Å². The number of aliphatic imine (C=N–C) groups is 1. The standard InChI is InChI=1S/C20H16F4N4O2/c21-17-10-13(3-8-18(17)29-16-2-1-9-26-12-16)11-27-19(25)28-14-4-6-15(7-5-14)30-20(22,23)24/h1-10,12H,11H2,(H3,25,27,28). The molecule has 156 valence electrons. The zero-order valence-corrected chi connectivity index (χ0v) is 15.4. The summed E-state index contributed by atoms with van der Waals surface area (Å²) in [7, 11) is 0. The summed E-state index contributed by atoms with van der Waals surface area (Å²) in [6, 6.07) is 12.7. The number of alkyl halides is 3. The van der Waals surface area contributed by atoms with E-state index in [9.17, 15) is 17.6 Å². The van der Waals surface area contributed by atoms with Crippen LogP contribution in [0.2, 0.25) is 0 Å². The molecule has 3 aromatic rings. The van der Waals surface area contributed by atoms with Gasteiger partial charge in [0.15, 0.2) is 17.5 Å².